The van der Waals surface area contributed by atoms with Gasteiger partial charge < -0.3 is 23.6 Å². The normalized spacial score (nSPS) is 16.0. The highest BCUT2D eigenvalue weighted by atomic mass is 16.5. The Morgan fingerprint density at radius 1 is 1.09 bits per heavy atom. The fraction of sp³-hybridized carbons (Fsp3) is 0.375. The zero-order valence-corrected chi connectivity index (χ0v) is 18.7. The first-order valence-corrected chi connectivity index (χ1v) is 10.6. The Bertz CT molecular complexity index is 1080. The van der Waals surface area contributed by atoms with Crippen LogP contribution < -0.4 is 14.2 Å². The van der Waals surface area contributed by atoms with Crippen LogP contribution in [0.4, 0.5) is 0 Å². The molecule has 0 spiro atoms. The highest BCUT2D eigenvalue weighted by Crippen LogP contribution is 2.34. The summed E-state index contributed by atoms with van der Waals surface area (Å²) in [4.78, 5) is 19.0. The van der Waals surface area contributed by atoms with Crippen molar-refractivity contribution in [1.29, 1.82) is 0 Å². The van der Waals surface area contributed by atoms with Crippen molar-refractivity contribution in [1.82, 2.24) is 15.0 Å². The molecular formula is C24H27N3O5. The average molecular weight is 437 g/mol. The van der Waals surface area contributed by atoms with Gasteiger partial charge in [-0.25, -0.2) is 0 Å². The maximum absolute atomic E-state index is 12.6. The van der Waals surface area contributed by atoms with Crippen LogP contribution in [0.5, 0.6) is 17.2 Å². The minimum atomic E-state index is -0.118. The molecule has 0 bridgehead atoms. The first kappa shape index (κ1) is 21.7. The number of rotatable bonds is 8. The van der Waals surface area contributed by atoms with Gasteiger partial charge in [-0.2, -0.15) is 4.98 Å². The minimum absolute atomic E-state index is 0.0749. The van der Waals surface area contributed by atoms with Crippen molar-refractivity contribution < 1.29 is 23.5 Å². The smallest absolute Gasteiger partial charge is 0.261 e. The number of hydrogen-bond acceptors (Lipinski definition) is 7. The van der Waals surface area contributed by atoms with Crippen molar-refractivity contribution in [2.45, 2.75) is 38.8 Å². The molecule has 1 atom stereocenters. The summed E-state index contributed by atoms with van der Waals surface area (Å²) >= 11 is 0. The van der Waals surface area contributed by atoms with Crippen molar-refractivity contribution in [2.24, 2.45) is 0 Å². The van der Waals surface area contributed by atoms with Gasteiger partial charge in [0.15, 0.2) is 5.82 Å². The highest BCUT2D eigenvalue weighted by molar-refractivity contribution is 5.79. The van der Waals surface area contributed by atoms with Crippen LogP contribution in [0.15, 0.2) is 47.0 Å². The SMILES string of the molecule is COc1ccc(-c2nc(C3CC(=O)N(Cc4ccc(OC(C)C)cc4)C3)no2)c(OC)c1. The Hall–Kier alpha value is -3.55. The molecule has 1 aliphatic heterocycles. The molecule has 168 valence electrons. The lowest BCUT2D eigenvalue weighted by Gasteiger charge is -2.17. The van der Waals surface area contributed by atoms with Crippen LogP contribution in [-0.2, 0) is 11.3 Å². The van der Waals surface area contributed by atoms with E-state index >= 15 is 0 Å². The Morgan fingerprint density at radius 3 is 2.53 bits per heavy atom. The molecule has 1 saturated heterocycles. The molecular weight excluding hydrogens is 410 g/mol. The summed E-state index contributed by atoms with van der Waals surface area (Å²) in [5, 5.41) is 4.14. The van der Waals surface area contributed by atoms with Gasteiger partial charge >= 0.3 is 0 Å². The number of aromatic nitrogens is 2. The fourth-order valence-corrected chi connectivity index (χ4v) is 3.75. The van der Waals surface area contributed by atoms with E-state index in [2.05, 4.69) is 10.1 Å². The number of hydrogen-bond donors (Lipinski definition) is 0. The van der Waals surface area contributed by atoms with Gasteiger partial charge in [-0.3, -0.25) is 4.79 Å². The number of benzene rings is 2. The molecule has 2 aromatic carbocycles. The van der Waals surface area contributed by atoms with E-state index in [0.717, 1.165) is 11.3 Å². The molecule has 2 heterocycles. The number of ether oxygens (including phenoxy) is 3. The Morgan fingerprint density at radius 2 is 1.84 bits per heavy atom. The van der Waals surface area contributed by atoms with E-state index in [1.54, 1.807) is 26.4 Å². The van der Waals surface area contributed by atoms with Crippen molar-refractivity contribution in [3.63, 3.8) is 0 Å². The summed E-state index contributed by atoms with van der Waals surface area (Å²) in [6.45, 7) is 5.06. The third-order valence-corrected chi connectivity index (χ3v) is 5.33. The molecule has 8 heteroatoms. The van der Waals surface area contributed by atoms with Crippen LogP contribution in [0.2, 0.25) is 0 Å². The van der Waals surface area contributed by atoms with E-state index < -0.39 is 0 Å². The molecule has 1 fully saturated rings. The average Bonchev–Trinajstić information content (AvgIpc) is 3.41. The van der Waals surface area contributed by atoms with Crippen LogP contribution in [-0.4, -0.2) is 47.8 Å². The molecule has 4 rings (SSSR count). The number of carbonyl (C=O) groups excluding carboxylic acids is 1. The monoisotopic (exact) mass is 437 g/mol. The van der Waals surface area contributed by atoms with Gasteiger partial charge in [-0.15, -0.1) is 0 Å². The summed E-state index contributed by atoms with van der Waals surface area (Å²) in [5.41, 5.74) is 1.73. The van der Waals surface area contributed by atoms with Crippen LogP contribution in [0.1, 0.15) is 37.6 Å². The van der Waals surface area contributed by atoms with Gasteiger partial charge in [0.2, 0.25) is 5.91 Å². The zero-order valence-electron chi connectivity index (χ0n) is 18.7. The van der Waals surface area contributed by atoms with Crippen LogP contribution in [0.25, 0.3) is 11.5 Å². The molecule has 1 unspecified atom stereocenters. The Balaban J connectivity index is 1.44. The highest BCUT2D eigenvalue weighted by Gasteiger charge is 2.34. The van der Waals surface area contributed by atoms with E-state index in [-0.39, 0.29) is 17.9 Å². The molecule has 3 aromatic rings. The first-order chi connectivity index (χ1) is 15.5. The van der Waals surface area contributed by atoms with E-state index in [1.165, 1.54) is 0 Å². The minimum Gasteiger partial charge on any atom is -0.497 e. The van der Waals surface area contributed by atoms with E-state index in [9.17, 15) is 4.79 Å². The summed E-state index contributed by atoms with van der Waals surface area (Å²) in [6.07, 6.45) is 0.479. The molecule has 1 aliphatic rings. The maximum Gasteiger partial charge on any atom is 0.261 e. The second-order valence-corrected chi connectivity index (χ2v) is 8.01. The number of carbonyl (C=O) groups is 1. The zero-order chi connectivity index (χ0) is 22.7. The number of amides is 1. The van der Waals surface area contributed by atoms with Gasteiger partial charge in [-0.05, 0) is 43.7 Å². The van der Waals surface area contributed by atoms with Gasteiger partial charge in [0.1, 0.15) is 17.2 Å². The molecule has 0 aliphatic carbocycles. The summed E-state index contributed by atoms with van der Waals surface area (Å²) in [6, 6.07) is 13.2. The van der Waals surface area contributed by atoms with Crippen molar-refractivity contribution >= 4 is 5.91 Å². The lowest BCUT2D eigenvalue weighted by molar-refractivity contribution is -0.128. The predicted octanol–water partition coefficient (Wildman–Crippen LogP) is 4.06. The number of nitrogens with zero attached hydrogens (tertiary/aromatic N) is 3. The van der Waals surface area contributed by atoms with E-state index in [1.807, 2.05) is 49.1 Å². The van der Waals surface area contributed by atoms with Gasteiger partial charge in [0.25, 0.3) is 5.89 Å². The first-order valence-electron chi connectivity index (χ1n) is 10.6. The summed E-state index contributed by atoms with van der Waals surface area (Å²) < 4.78 is 21.8. The Kier molecular flexibility index (Phi) is 6.30. The van der Waals surface area contributed by atoms with Gasteiger partial charge in [0.05, 0.1) is 25.9 Å². The number of methoxy groups -OCH3 is 2. The summed E-state index contributed by atoms with van der Waals surface area (Å²) in [5.74, 6) is 2.90. The lowest BCUT2D eigenvalue weighted by Crippen LogP contribution is -2.24. The van der Waals surface area contributed by atoms with Gasteiger partial charge in [0, 0.05) is 31.5 Å². The molecule has 32 heavy (non-hydrogen) atoms. The van der Waals surface area contributed by atoms with E-state index in [4.69, 9.17) is 18.7 Å². The second-order valence-electron chi connectivity index (χ2n) is 8.01. The predicted molar refractivity (Wildman–Crippen MR) is 118 cm³/mol. The van der Waals surface area contributed by atoms with Crippen LogP contribution >= 0.6 is 0 Å². The van der Waals surface area contributed by atoms with Gasteiger partial charge in [-0.1, -0.05) is 17.3 Å². The summed E-state index contributed by atoms with van der Waals surface area (Å²) in [7, 11) is 3.17. The van der Waals surface area contributed by atoms with Crippen molar-refractivity contribution in [3.8, 4) is 28.7 Å². The molecule has 0 N–H and O–H groups in total. The number of likely N-dealkylation sites (tertiary alicyclic amines) is 1. The van der Waals surface area contributed by atoms with E-state index in [0.29, 0.717) is 48.3 Å². The fourth-order valence-electron chi connectivity index (χ4n) is 3.75. The molecule has 1 amide bonds. The quantitative estimate of drug-likeness (QED) is 0.525. The third kappa shape index (κ3) is 4.69. The van der Waals surface area contributed by atoms with Crippen molar-refractivity contribution in [2.75, 3.05) is 20.8 Å². The maximum atomic E-state index is 12.6. The molecule has 0 radical (unpaired) electrons. The van der Waals surface area contributed by atoms with Crippen LogP contribution in [0.3, 0.4) is 0 Å². The standard InChI is InChI=1S/C24H27N3O5/c1-15(2)31-18-7-5-16(6-8-18)13-27-14-17(11-22(27)28)23-25-24(32-26-23)20-10-9-19(29-3)12-21(20)30-4/h5-10,12,15,17H,11,13-14H2,1-4H3. The second kappa shape index (κ2) is 9.30. The largest absolute Gasteiger partial charge is 0.497 e. The topological polar surface area (TPSA) is 86.9 Å². The van der Waals surface area contributed by atoms with Crippen molar-refractivity contribution in [3.05, 3.63) is 53.9 Å². The lowest BCUT2D eigenvalue weighted by atomic mass is 10.1. The molecule has 0 saturated carbocycles. The Labute approximate surface area is 187 Å². The van der Waals surface area contributed by atoms with Crippen LogP contribution in [0, 0.1) is 0 Å². The molecule has 1 aromatic heterocycles. The molecule has 8 nitrogen and oxygen atoms in total. The third-order valence-electron chi connectivity index (χ3n) is 5.33.